The molecule has 3 N–H and O–H groups in total. The first kappa shape index (κ1) is 22.1. The molecule has 5 rings (SSSR count). The van der Waals surface area contributed by atoms with E-state index in [2.05, 4.69) is 4.98 Å². The number of hydrogen-bond donors (Lipinski definition) is 3. The first-order valence-corrected chi connectivity index (χ1v) is 12.2. The molecule has 0 unspecified atom stereocenters. The van der Waals surface area contributed by atoms with Gasteiger partial charge in [0.2, 0.25) is 15.9 Å². The van der Waals surface area contributed by atoms with Crippen LogP contribution in [0, 0.1) is 5.41 Å². The highest BCUT2D eigenvalue weighted by atomic mass is 32.2. The molecule has 1 amide bonds. The van der Waals surface area contributed by atoms with Crippen LogP contribution in [0.5, 0.6) is 5.88 Å². The summed E-state index contributed by atoms with van der Waals surface area (Å²) >= 11 is 0. The Morgan fingerprint density at radius 1 is 0.971 bits per heavy atom. The molecular formula is C24H22N4O5S. The monoisotopic (exact) mass is 478 g/mol. The van der Waals surface area contributed by atoms with E-state index in [0.29, 0.717) is 35.5 Å². The van der Waals surface area contributed by atoms with E-state index in [1.807, 2.05) is 0 Å². The third-order valence-corrected chi connectivity index (χ3v) is 8.28. The molecule has 1 aliphatic heterocycles. The van der Waals surface area contributed by atoms with Gasteiger partial charge in [0.1, 0.15) is 0 Å². The lowest BCUT2D eigenvalue weighted by Gasteiger charge is -2.33. The molecule has 2 aliphatic rings. The van der Waals surface area contributed by atoms with E-state index >= 15 is 0 Å². The van der Waals surface area contributed by atoms with Crippen LogP contribution in [0.4, 0.5) is 0 Å². The zero-order valence-corrected chi connectivity index (χ0v) is 19.1. The van der Waals surface area contributed by atoms with Gasteiger partial charge in [-0.1, -0.05) is 36.4 Å². The molecule has 2 aromatic carbocycles. The second-order valence-electron chi connectivity index (χ2n) is 8.28. The number of carbonyl (C=O) groups excluding carboxylic acids is 2. The van der Waals surface area contributed by atoms with Gasteiger partial charge in [-0.3, -0.25) is 15.0 Å². The molecule has 0 atom stereocenters. The number of aromatic amines is 1. The van der Waals surface area contributed by atoms with E-state index in [1.54, 1.807) is 41.3 Å². The van der Waals surface area contributed by atoms with Crippen molar-refractivity contribution in [3.8, 4) is 17.1 Å². The number of nitrogens with one attached hydrogen (secondary N) is 2. The lowest BCUT2D eigenvalue weighted by molar-refractivity contribution is -0.129. The van der Waals surface area contributed by atoms with Gasteiger partial charge in [0.05, 0.1) is 27.4 Å². The summed E-state index contributed by atoms with van der Waals surface area (Å²) in [5.74, 6) is -0.671. The van der Waals surface area contributed by atoms with Gasteiger partial charge in [-0.15, -0.1) is 0 Å². The van der Waals surface area contributed by atoms with Crippen LogP contribution in [-0.4, -0.2) is 71.3 Å². The zero-order valence-electron chi connectivity index (χ0n) is 18.3. The van der Waals surface area contributed by atoms with Crippen molar-refractivity contribution in [2.45, 2.75) is 11.8 Å². The molecule has 0 saturated carbocycles. The molecule has 174 valence electrons. The SMILES string of the molecule is CC(=O)N1CCN(S(=O)(=O)c2ccc(-c3[nH]c(O)c4c3C(=O)c3ccccc3C4=N)cc2)CC1. The molecule has 2 heterocycles. The fourth-order valence-corrected chi connectivity index (χ4v) is 5.95. The minimum absolute atomic E-state index is 0.0501. The Labute approximate surface area is 196 Å². The summed E-state index contributed by atoms with van der Waals surface area (Å²) in [4.78, 5) is 29.2. The van der Waals surface area contributed by atoms with Crippen molar-refractivity contribution in [3.63, 3.8) is 0 Å². The van der Waals surface area contributed by atoms with Gasteiger partial charge >= 0.3 is 0 Å². The molecule has 1 fully saturated rings. The van der Waals surface area contributed by atoms with Gasteiger partial charge in [0, 0.05) is 44.2 Å². The Kier molecular flexibility index (Phi) is 5.14. The quantitative estimate of drug-likeness (QED) is 0.415. The molecular weight excluding hydrogens is 456 g/mol. The van der Waals surface area contributed by atoms with E-state index in [9.17, 15) is 23.1 Å². The fraction of sp³-hybridized carbons (Fsp3) is 0.208. The van der Waals surface area contributed by atoms with Crippen LogP contribution >= 0.6 is 0 Å². The Bertz CT molecular complexity index is 1450. The first-order chi connectivity index (χ1) is 16.2. The van der Waals surface area contributed by atoms with Crippen molar-refractivity contribution in [2.75, 3.05) is 26.2 Å². The van der Waals surface area contributed by atoms with E-state index in [-0.39, 0.29) is 52.4 Å². The minimum Gasteiger partial charge on any atom is -0.494 e. The van der Waals surface area contributed by atoms with E-state index in [1.165, 1.54) is 23.4 Å². The number of nitrogens with zero attached hydrogens (tertiary/aromatic N) is 2. The van der Waals surface area contributed by atoms with Crippen LogP contribution in [0.15, 0.2) is 53.4 Å². The third-order valence-electron chi connectivity index (χ3n) is 6.36. The van der Waals surface area contributed by atoms with Crippen LogP contribution in [0.2, 0.25) is 0 Å². The first-order valence-electron chi connectivity index (χ1n) is 10.7. The van der Waals surface area contributed by atoms with E-state index < -0.39 is 10.0 Å². The van der Waals surface area contributed by atoms with E-state index in [4.69, 9.17) is 5.41 Å². The molecule has 0 radical (unpaired) electrons. The van der Waals surface area contributed by atoms with Crippen LogP contribution in [0.25, 0.3) is 11.3 Å². The number of aromatic nitrogens is 1. The number of sulfonamides is 1. The standard InChI is InChI=1S/C24H22N4O5S/c1-14(29)27-10-12-28(13-11-27)34(32,33)16-8-6-15(7-9-16)22-20-19(24(31)26-22)21(25)17-4-2-3-5-18(17)23(20)30/h2-9,25-26,31H,10-13H2,1H3. The molecule has 1 aliphatic carbocycles. The predicted octanol–water partition coefficient (Wildman–Crippen LogP) is 2.20. The van der Waals surface area contributed by atoms with Crippen LogP contribution in [0.1, 0.15) is 34.0 Å². The summed E-state index contributed by atoms with van der Waals surface area (Å²) in [7, 11) is -3.75. The number of benzene rings is 2. The molecule has 0 bridgehead atoms. The van der Waals surface area contributed by atoms with Gasteiger partial charge in [-0.05, 0) is 17.7 Å². The van der Waals surface area contributed by atoms with Crippen molar-refractivity contribution >= 4 is 27.4 Å². The zero-order chi connectivity index (χ0) is 24.2. The van der Waals surface area contributed by atoms with Crippen molar-refractivity contribution < 1.29 is 23.1 Å². The maximum atomic E-state index is 13.2. The maximum absolute atomic E-state index is 13.2. The molecule has 3 aromatic rings. The topological polar surface area (TPSA) is 135 Å². The Balaban J connectivity index is 1.47. The Hall–Kier alpha value is -3.76. The summed E-state index contributed by atoms with van der Waals surface area (Å²) in [5.41, 5.74) is 2.05. The average molecular weight is 479 g/mol. The second kappa shape index (κ2) is 7.93. The molecule has 9 nitrogen and oxygen atoms in total. The third kappa shape index (κ3) is 3.34. The maximum Gasteiger partial charge on any atom is 0.243 e. The lowest BCUT2D eigenvalue weighted by Crippen LogP contribution is -2.49. The van der Waals surface area contributed by atoms with Crippen molar-refractivity contribution in [3.05, 3.63) is 70.8 Å². The second-order valence-corrected chi connectivity index (χ2v) is 10.2. The largest absolute Gasteiger partial charge is 0.494 e. The minimum atomic E-state index is -3.75. The molecule has 10 heteroatoms. The van der Waals surface area contributed by atoms with E-state index in [0.717, 1.165) is 0 Å². The Morgan fingerprint density at radius 2 is 1.59 bits per heavy atom. The highest BCUT2D eigenvalue weighted by molar-refractivity contribution is 7.89. The fourth-order valence-electron chi connectivity index (χ4n) is 4.53. The van der Waals surface area contributed by atoms with Gasteiger partial charge in [-0.25, -0.2) is 8.42 Å². The van der Waals surface area contributed by atoms with Crippen molar-refractivity contribution in [1.29, 1.82) is 5.41 Å². The summed E-state index contributed by atoms with van der Waals surface area (Å²) < 4.78 is 27.5. The predicted molar refractivity (Wildman–Crippen MR) is 125 cm³/mol. The number of piperazine rings is 1. The smallest absolute Gasteiger partial charge is 0.243 e. The molecule has 1 saturated heterocycles. The van der Waals surface area contributed by atoms with Gasteiger partial charge in [-0.2, -0.15) is 4.31 Å². The van der Waals surface area contributed by atoms with Gasteiger partial charge in [0.25, 0.3) is 0 Å². The van der Waals surface area contributed by atoms with Gasteiger partial charge in [0.15, 0.2) is 11.7 Å². The number of fused-ring (bicyclic) bond motifs is 2. The average Bonchev–Trinajstić information content (AvgIpc) is 3.20. The molecule has 34 heavy (non-hydrogen) atoms. The summed E-state index contributed by atoms with van der Waals surface area (Å²) in [6.07, 6.45) is 0. The number of hydrogen-bond acceptors (Lipinski definition) is 6. The highest BCUT2D eigenvalue weighted by Crippen LogP contribution is 2.39. The number of amides is 1. The molecule has 1 aromatic heterocycles. The number of aromatic hydroxyl groups is 1. The summed E-state index contributed by atoms with van der Waals surface area (Å²) in [6.45, 7) is 2.59. The van der Waals surface area contributed by atoms with Crippen LogP contribution < -0.4 is 0 Å². The summed E-state index contributed by atoms with van der Waals surface area (Å²) in [5, 5.41) is 19.0. The summed E-state index contributed by atoms with van der Waals surface area (Å²) in [6, 6.07) is 12.8. The van der Waals surface area contributed by atoms with Crippen LogP contribution in [0.3, 0.4) is 0 Å². The van der Waals surface area contributed by atoms with Gasteiger partial charge < -0.3 is 15.0 Å². The normalized spacial score (nSPS) is 16.3. The van der Waals surface area contributed by atoms with Crippen molar-refractivity contribution in [1.82, 2.24) is 14.2 Å². The molecule has 0 spiro atoms. The number of rotatable bonds is 3. The lowest BCUT2D eigenvalue weighted by atomic mass is 9.84. The number of H-pyrrole nitrogens is 1. The Morgan fingerprint density at radius 3 is 2.21 bits per heavy atom. The highest BCUT2D eigenvalue weighted by Gasteiger charge is 2.35. The van der Waals surface area contributed by atoms with Crippen LogP contribution in [-0.2, 0) is 14.8 Å². The number of ketones is 1. The van der Waals surface area contributed by atoms with Crippen molar-refractivity contribution in [2.24, 2.45) is 0 Å². The number of carbonyl (C=O) groups is 2.